The Kier molecular flexibility index (Phi) is 6.79. The summed E-state index contributed by atoms with van der Waals surface area (Å²) in [5.74, 6) is -0.151. The molecule has 3 aromatic rings. The van der Waals surface area contributed by atoms with Crippen molar-refractivity contribution >= 4 is 33.4 Å². The molecule has 6 nitrogen and oxygen atoms in total. The van der Waals surface area contributed by atoms with Crippen LogP contribution < -0.4 is 10.0 Å². The molecule has 0 aliphatic carbocycles. The molecule has 8 heteroatoms. The van der Waals surface area contributed by atoms with Gasteiger partial charge in [-0.25, -0.2) is 13.4 Å². The summed E-state index contributed by atoms with van der Waals surface area (Å²) in [7, 11) is -3.66. The third kappa shape index (κ3) is 5.40. The van der Waals surface area contributed by atoms with Crippen molar-refractivity contribution in [2.75, 3.05) is 11.3 Å². The first-order valence-electron chi connectivity index (χ1n) is 9.41. The Hall–Kier alpha value is -2.84. The van der Waals surface area contributed by atoms with E-state index in [4.69, 9.17) is 0 Å². The highest BCUT2D eigenvalue weighted by molar-refractivity contribution is 7.99. The molecule has 30 heavy (non-hydrogen) atoms. The number of amides is 1. The zero-order valence-electron chi connectivity index (χ0n) is 17.0. The normalized spacial score (nSPS) is 11.2. The van der Waals surface area contributed by atoms with E-state index in [9.17, 15) is 13.2 Å². The maximum Gasteiger partial charge on any atom is 0.262 e. The van der Waals surface area contributed by atoms with Crippen LogP contribution in [0, 0.1) is 13.8 Å². The summed E-state index contributed by atoms with van der Waals surface area (Å²) >= 11 is 1.43. The predicted molar refractivity (Wildman–Crippen MR) is 120 cm³/mol. The average molecular weight is 442 g/mol. The van der Waals surface area contributed by atoms with Crippen molar-refractivity contribution in [1.29, 1.82) is 0 Å². The maximum atomic E-state index is 12.7. The van der Waals surface area contributed by atoms with E-state index in [0.29, 0.717) is 23.4 Å². The van der Waals surface area contributed by atoms with Crippen molar-refractivity contribution in [3.63, 3.8) is 0 Å². The molecule has 0 atom stereocenters. The van der Waals surface area contributed by atoms with E-state index >= 15 is 0 Å². The van der Waals surface area contributed by atoms with Gasteiger partial charge in [0.2, 0.25) is 0 Å². The summed E-state index contributed by atoms with van der Waals surface area (Å²) in [6.07, 6.45) is 1.54. The number of benzene rings is 2. The lowest BCUT2D eigenvalue weighted by Gasteiger charge is -2.11. The number of aromatic nitrogens is 1. The zero-order valence-corrected chi connectivity index (χ0v) is 18.6. The molecule has 3 rings (SSSR count). The highest BCUT2D eigenvalue weighted by atomic mass is 32.2. The molecule has 0 spiro atoms. The third-order valence-corrected chi connectivity index (χ3v) is 6.78. The van der Waals surface area contributed by atoms with E-state index in [1.807, 2.05) is 32.0 Å². The highest BCUT2D eigenvalue weighted by Crippen LogP contribution is 2.28. The van der Waals surface area contributed by atoms with Crippen molar-refractivity contribution in [3.05, 3.63) is 77.5 Å². The van der Waals surface area contributed by atoms with Gasteiger partial charge >= 0.3 is 0 Å². The van der Waals surface area contributed by atoms with E-state index in [1.165, 1.54) is 11.8 Å². The topological polar surface area (TPSA) is 88.2 Å². The molecule has 1 amide bonds. The second-order valence-corrected chi connectivity index (χ2v) is 9.49. The minimum absolute atomic E-state index is 0.151. The lowest BCUT2D eigenvalue weighted by atomic mass is 10.2. The fourth-order valence-corrected chi connectivity index (χ4v) is 4.90. The Bertz CT molecular complexity index is 1140. The minimum Gasteiger partial charge on any atom is -0.352 e. The van der Waals surface area contributed by atoms with Crippen LogP contribution in [-0.4, -0.2) is 25.9 Å². The minimum atomic E-state index is -3.66. The summed E-state index contributed by atoms with van der Waals surface area (Å²) in [5.41, 5.74) is 2.58. The zero-order chi connectivity index (χ0) is 21.7. The van der Waals surface area contributed by atoms with Gasteiger partial charge < -0.3 is 5.32 Å². The summed E-state index contributed by atoms with van der Waals surface area (Å²) in [6.45, 7) is 6.06. The number of sulfonamides is 1. The van der Waals surface area contributed by atoms with Crippen LogP contribution in [0.5, 0.6) is 0 Å². The monoisotopic (exact) mass is 441 g/mol. The largest absolute Gasteiger partial charge is 0.352 e. The molecular formula is C22H23N3O3S2. The Balaban J connectivity index is 1.69. The number of hydrogen-bond acceptors (Lipinski definition) is 5. The Labute approximate surface area is 181 Å². The van der Waals surface area contributed by atoms with Gasteiger partial charge in [-0.05, 0) is 74.4 Å². The van der Waals surface area contributed by atoms with Gasteiger partial charge in [0.05, 0.1) is 10.5 Å². The second-order valence-electron chi connectivity index (χ2n) is 6.75. The third-order valence-electron chi connectivity index (χ3n) is 4.30. The summed E-state index contributed by atoms with van der Waals surface area (Å²) in [6, 6.07) is 15.9. The lowest BCUT2D eigenvalue weighted by Crippen LogP contribution is -2.22. The number of aryl methyl sites for hydroxylation is 2. The van der Waals surface area contributed by atoms with Gasteiger partial charge in [-0.2, -0.15) is 0 Å². The molecule has 156 valence electrons. The number of nitrogens with zero attached hydrogens (tertiary/aromatic N) is 1. The van der Waals surface area contributed by atoms with Crippen LogP contribution in [0.3, 0.4) is 0 Å². The molecule has 1 heterocycles. The van der Waals surface area contributed by atoms with Crippen LogP contribution in [0.2, 0.25) is 0 Å². The number of nitrogens with one attached hydrogen (secondary N) is 2. The average Bonchev–Trinajstić information content (AvgIpc) is 2.72. The molecule has 0 radical (unpaired) electrons. The van der Waals surface area contributed by atoms with Crippen LogP contribution in [0.25, 0.3) is 0 Å². The molecule has 1 aromatic heterocycles. The lowest BCUT2D eigenvalue weighted by molar-refractivity contribution is 0.0955. The molecule has 0 bridgehead atoms. The van der Waals surface area contributed by atoms with Crippen LogP contribution in [0.1, 0.15) is 28.4 Å². The van der Waals surface area contributed by atoms with Gasteiger partial charge in [-0.15, -0.1) is 0 Å². The highest BCUT2D eigenvalue weighted by Gasteiger charge is 2.17. The Morgan fingerprint density at radius 3 is 2.40 bits per heavy atom. The van der Waals surface area contributed by atoms with Gasteiger partial charge in [-0.3, -0.25) is 9.52 Å². The number of carbonyl (C=O) groups is 1. The molecular weight excluding hydrogens is 418 g/mol. The van der Waals surface area contributed by atoms with E-state index in [-0.39, 0.29) is 10.8 Å². The summed E-state index contributed by atoms with van der Waals surface area (Å²) in [5, 5.41) is 3.47. The first-order chi connectivity index (χ1) is 14.3. The number of carbonyl (C=O) groups excluding carboxylic acids is 1. The van der Waals surface area contributed by atoms with Gasteiger partial charge in [0, 0.05) is 23.3 Å². The predicted octanol–water partition coefficient (Wildman–Crippen LogP) is 4.40. The Morgan fingerprint density at radius 2 is 1.77 bits per heavy atom. The summed E-state index contributed by atoms with van der Waals surface area (Å²) in [4.78, 5) is 17.3. The number of anilines is 1. The molecule has 0 saturated carbocycles. The SMILES string of the molecule is CCNC(=O)c1ccc(Sc2ccc(NS(=O)(=O)c3cc(C)ccc3C)cc2)nc1. The molecule has 0 saturated heterocycles. The number of pyridine rings is 1. The van der Waals surface area contributed by atoms with Crippen LogP contribution in [0.4, 0.5) is 5.69 Å². The van der Waals surface area contributed by atoms with E-state index < -0.39 is 10.0 Å². The van der Waals surface area contributed by atoms with Crippen molar-refractivity contribution < 1.29 is 13.2 Å². The smallest absolute Gasteiger partial charge is 0.262 e. The molecule has 2 N–H and O–H groups in total. The van der Waals surface area contributed by atoms with Crippen molar-refractivity contribution in [3.8, 4) is 0 Å². The quantitative estimate of drug-likeness (QED) is 0.567. The molecule has 0 fully saturated rings. The second kappa shape index (κ2) is 9.32. The van der Waals surface area contributed by atoms with E-state index in [1.54, 1.807) is 49.5 Å². The maximum absolute atomic E-state index is 12.7. The van der Waals surface area contributed by atoms with Gasteiger partial charge in [0.1, 0.15) is 5.03 Å². The molecule has 2 aromatic carbocycles. The van der Waals surface area contributed by atoms with Crippen LogP contribution in [-0.2, 0) is 10.0 Å². The van der Waals surface area contributed by atoms with Crippen molar-refractivity contribution in [2.24, 2.45) is 0 Å². The fourth-order valence-electron chi connectivity index (χ4n) is 2.76. The van der Waals surface area contributed by atoms with Gasteiger partial charge in [0.25, 0.3) is 15.9 Å². The van der Waals surface area contributed by atoms with Crippen molar-refractivity contribution in [2.45, 2.75) is 35.6 Å². The molecule has 0 unspecified atom stereocenters. The number of rotatable bonds is 7. The standard InChI is InChI=1S/C22H23N3O3S2/c1-4-23-22(26)17-7-12-21(24-14-17)29-19-10-8-18(9-11-19)25-30(27,28)20-13-15(2)5-6-16(20)3/h5-14,25H,4H2,1-3H3,(H,23,26). The first-order valence-corrected chi connectivity index (χ1v) is 11.7. The molecule has 0 aliphatic heterocycles. The molecule has 0 aliphatic rings. The van der Waals surface area contributed by atoms with Crippen LogP contribution >= 0.6 is 11.8 Å². The Morgan fingerprint density at radius 1 is 1.03 bits per heavy atom. The first kappa shape index (κ1) is 21.9. The van der Waals surface area contributed by atoms with E-state index in [0.717, 1.165) is 15.5 Å². The van der Waals surface area contributed by atoms with Gasteiger partial charge in [-0.1, -0.05) is 23.9 Å². The van der Waals surface area contributed by atoms with Gasteiger partial charge in [0.15, 0.2) is 0 Å². The van der Waals surface area contributed by atoms with E-state index in [2.05, 4.69) is 15.0 Å². The fraction of sp³-hybridized carbons (Fsp3) is 0.182. The van der Waals surface area contributed by atoms with Crippen molar-refractivity contribution in [1.82, 2.24) is 10.3 Å². The number of hydrogen-bond donors (Lipinski definition) is 2. The summed E-state index contributed by atoms with van der Waals surface area (Å²) < 4.78 is 28.1. The van der Waals surface area contributed by atoms with Crippen LogP contribution in [0.15, 0.2) is 75.6 Å².